The van der Waals surface area contributed by atoms with Crippen molar-refractivity contribution in [3.05, 3.63) is 28.2 Å². The summed E-state index contributed by atoms with van der Waals surface area (Å²) in [5, 5.41) is 1.44. The third-order valence-corrected chi connectivity index (χ3v) is 4.55. The van der Waals surface area contributed by atoms with Crippen molar-refractivity contribution in [2.75, 3.05) is 24.5 Å². The molecule has 98 valence electrons. The molecule has 18 heavy (non-hydrogen) atoms. The van der Waals surface area contributed by atoms with E-state index in [0.717, 1.165) is 28.8 Å². The van der Waals surface area contributed by atoms with Crippen LogP contribution >= 0.6 is 23.2 Å². The van der Waals surface area contributed by atoms with Crippen molar-refractivity contribution in [3.8, 4) is 0 Å². The molecule has 1 aromatic carbocycles. The highest BCUT2D eigenvalue weighted by Crippen LogP contribution is 2.31. The Kier molecular flexibility index (Phi) is 3.44. The van der Waals surface area contributed by atoms with Gasteiger partial charge >= 0.3 is 0 Å². The lowest BCUT2D eigenvalue weighted by molar-refractivity contribution is 0.203. The highest BCUT2D eigenvalue weighted by atomic mass is 35.5. The Morgan fingerprint density at radius 2 is 1.83 bits per heavy atom. The van der Waals surface area contributed by atoms with Gasteiger partial charge in [-0.15, -0.1) is 0 Å². The molecule has 2 nitrogen and oxygen atoms in total. The van der Waals surface area contributed by atoms with Gasteiger partial charge in [-0.1, -0.05) is 23.2 Å². The lowest BCUT2D eigenvalue weighted by Crippen LogP contribution is -2.55. The minimum atomic E-state index is 0.522. The Balaban J connectivity index is 1.86. The van der Waals surface area contributed by atoms with Gasteiger partial charge in [0, 0.05) is 40.9 Å². The predicted octanol–water partition coefficient (Wildman–Crippen LogP) is 3.67. The van der Waals surface area contributed by atoms with E-state index in [2.05, 4.69) is 16.7 Å². The summed E-state index contributed by atoms with van der Waals surface area (Å²) < 4.78 is 0. The lowest BCUT2D eigenvalue weighted by Gasteiger charge is -2.43. The van der Waals surface area contributed by atoms with Crippen LogP contribution in [0.5, 0.6) is 0 Å². The van der Waals surface area contributed by atoms with E-state index < -0.39 is 0 Å². The lowest BCUT2D eigenvalue weighted by atomic mass is 10.1. The van der Waals surface area contributed by atoms with Crippen molar-refractivity contribution in [3.63, 3.8) is 0 Å². The average molecular weight is 285 g/mol. The van der Waals surface area contributed by atoms with E-state index in [4.69, 9.17) is 23.2 Å². The van der Waals surface area contributed by atoms with Gasteiger partial charge in [-0.25, -0.2) is 0 Å². The molecule has 1 aromatic rings. The first-order valence-electron chi connectivity index (χ1n) is 6.60. The smallest absolute Gasteiger partial charge is 0.0441 e. The van der Waals surface area contributed by atoms with Crippen molar-refractivity contribution in [1.82, 2.24) is 4.90 Å². The van der Waals surface area contributed by atoms with E-state index in [9.17, 15) is 0 Å². The second kappa shape index (κ2) is 4.92. The Labute approximate surface area is 118 Å². The fourth-order valence-corrected chi connectivity index (χ4v) is 3.77. The zero-order valence-corrected chi connectivity index (χ0v) is 12.1. The van der Waals surface area contributed by atoms with E-state index >= 15 is 0 Å². The Bertz CT molecular complexity index is 429. The van der Waals surface area contributed by atoms with Crippen LogP contribution in [0, 0.1) is 0 Å². The van der Waals surface area contributed by atoms with Crippen LogP contribution in [0.2, 0.25) is 10.0 Å². The minimum Gasteiger partial charge on any atom is -0.366 e. The summed E-state index contributed by atoms with van der Waals surface area (Å²) >= 11 is 12.2. The maximum Gasteiger partial charge on any atom is 0.0441 e. The number of hydrogen-bond donors (Lipinski definition) is 0. The molecule has 2 aliphatic heterocycles. The van der Waals surface area contributed by atoms with E-state index in [-0.39, 0.29) is 0 Å². The van der Waals surface area contributed by atoms with Crippen LogP contribution in [0.15, 0.2) is 18.2 Å². The Morgan fingerprint density at radius 1 is 1.11 bits per heavy atom. The molecule has 2 saturated heterocycles. The highest BCUT2D eigenvalue weighted by Gasteiger charge is 2.34. The summed E-state index contributed by atoms with van der Waals surface area (Å²) in [5.41, 5.74) is 1.16. The summed E-state index contributed by atoms with van der Waals surface area (Å²) in [6, 6.07) is 7.07. The maximum atomic E-state index is 6.11. The summed E-state index contributed by atoms with van der Waals surface area (Å²) in [4.78, 5) is 5.07. The fourth-order valence-electron chi connectivity index (χ4n) is 3.25. The first-order chi connectivity index (χ1) is 8.63. The zero-order chi connectivity index (χ0) is 12.7. The van der Waals surface area contributed by atoms with Crippen molar-refractivity contribution in [2.24, 2.45) is 0 Å². The number of halogens is 2. The van der Waals surface area contributed by atoms with Gasteiger partial charge in [0.15, 0.2) is 0 Å². The van der Waals surface area contributed by atoms with Crippen molar-refractivity contribution in [1.29, 1.82) is 0 Å². The Morgan fingerprint density at radius 3 is 2.56 bits per heavy atom. The van der Waals surface area contributed by atoms with E-state index in [1.165, 1.54) is 19.4 Å². The first-order valence-corrected chi connectivity index (χ1v) is 7.36. The fraction of sp³-hybridized carbons (Fsp3) is 0.571. The molecular weight excluding hydrogens is 267 g/mol. The van der Waals surface area contributed by atoms with Crippen LogP contribution in [-0.2, 0) is 0 Å². The topological polar surface area (TPSA) is 6.48 Å². The van der Waals surface area contributed by atoms with Gasteiger partial charge in [-0.2, -0.15) is 0 Å². The number of piperazine rings is 1. The highest BCUT2D eigenvalue weighted by molar-refractivity contribution is 6.35. The van der Waals surface area contributed by atoms with Crippen LogP contribution < -0.4 is 4.90 Å². The molecule has 4 heteroatoms. The van der Waals surface area contributed by atoms with Crippen LogP contribution in [-0.4, -0.2) is 36.6 Å². The molecule has 0 N–H and O–H groups in total. The molecule has 0 bridgehead atoms. The average Bonchev–Trinajstić information content (AvgIpc) is 2.73. The van der Waals surface area contributed by atoms with Gasteiger partial charge in [0.1, 0.15) is 0 Å². The number of anilines is 1. The minimum absolute atomic E-state index is 0.522. The molecule has 2 heterocycles. The van der Waals surface area contributed by atoms with Crippen LogP contribution in [0.1, 0.15) is 19.8 Å². The van der Waals surface area contributed by atoms with E-state index in [1.807, 2.05) is 12.1 Å². The van der Waals surface area contributed by atoms with Crippen molar-refractivity contribution >= 4 is 28.9 Å². The molecule has 2 fully saturated rings. The molecule has 0 aromatic heterocycles. The van der Waals surface area contributed by atoms with Crippen LogP contribution in [0.4, 0.5) is 5.69 Å². The second-order valence-electron chi connectivity index (χ2n) is 5.42. The number of fused-ring (bicyclic) bond motifs is 1. The molecule has 3 rings (SSSR count). The Hall–Kier alpha value is -0.440. The molecule has 0 radical (unpaired) electrons. The van der Waals surface area contributed by atoms with E-state index in [0.29, 0.717) is 12.1 Å². The molecule has 0 saturated carbocycles. The normalized spacial score (nSPS) is 28.5. The van der Waals surface area contributed by atoms with Gasteiger partial charge in [-0.05, 0) is 44.5 Å². The standard InChI is InChI=1S/C14H18Cl2N2/c1-10-8-17-4-2-3-13(17)9-18(10)14-6-11(15)5-12(16)7-14/h5-7,10,13H,2-4,8-9H2,1H3. The summed E-state index contributed by atoms with van der Waals surface area (Å²) in [7, 11) is 0. The van der Waals surface area contributed by atoms with Gasteiger partial charge in [-0.3, -0.25) is 4.90 Å². The molecule has 0 spiro atoms. The first kappa shape index (κ1) is 12.6. The summed E-state index contributed by atoms with van der Waals surface area (Å²) in [6.07, 6.45) is 2.65. The van der Waals surface area contributed by atoms with Crippen molar-refractivity contribution < 1.29 is 0 Å². The zero-order valence-electron chi connectivity index (χ0n) is 10.6. The predicted molar refractivity (Wildman–Crippen MR) is 77.9 cm³/mol. The van der Waals surface area contributed by atoms with Crippen molar-refractivity contribution in [2.45, 2.75) is 31.8 Å². The van der Waals surface area contributed by atoms with Crippen LogP contribution in [0.25, 0.3) is 0 Å². The molecule has 0 amide bonds. The largest absolute Gasteiger partial charge is 0.366 e. The maximum absolute atomic E-state index is 6.11. The van der Waals surface area contributed by atoms with Gasteiger partial charge in [0.25, 0.3) is 0 Å². The number of nitrogens with zero attached hydrogens (tertiary/aromatic N) is 2. The molecular formula is C14H18Cl2N2. The van der Waals surface area contributed by atoms with Crippen LogP contribution in [0.3, 0.4) is 0 Å². The molecule has 0 aliphatic carbocycles. The van der Waals surface area contributed by atoms with Gasteiger partial charge < -0.3 is 4.90 Å². The monoisotopic (exact) mass is 284 g/mol. The summed E-state index contributed by atoms with van der Waals surface area (Å²) in [6.45, 7) is 5.79. The second-order valence-corrected chi connectivity index (χ2v) is 6.29. The summed E-state index contributed by atoms with van der Waals surface area (Å²) in [5.74, 6) is 0. The quantitative estimate of drug-likeness (QED) is 0.777. The number of benzene rings is 1. The third kappa shape index (κ3) is 2.34. The number of rotatable bonds is 1. The van der Waals surface area contributed by atoms with Gasteiger partial charge in [0.05, 0.1) is 0 Å². The molecule has 2 unspecified atom stereocenters. The van der Waals surface area contributed by atoms with E-state index in [1.54, 1.807) is 6.07 Å². The SMILES string of the molecule is CC1CN2CCCC2CN1c1cc(Cl)cc(Cl)c1. The third-order valence-electron chi connectivity index (χ3n) is 4.12. The van der Waals surface area contributed by atoms with Gasteiger partial charge in [0.2, 0.25) is 0 Å². The molecule has 2 atom stereocenters. The molecule has 2 aliphatic rings. The number of hydrogen-bond acceptors (Lipinski definition) is 2.